The third kappa shape index (κ3) is 7.74. The molecule has 17 heteroatoms. The summed E-state index contributed by atoms with van der Waals surface area (Å²) in [4.78, 5) is 0.201. The number of ether oxygens (including phenoxy) is 1. The van der Waals surface area contributed by atoms with Crippen LogP contribution in [0.3, 0.4) is 0 Å². The van der Waals surface area contributed by atoms with Crippen molar-refractivity contribution >= 4 is 84.1 Å². The third-order valence-electron chi connectivity index (χ3n) is 6.44. The Morgan fingerprint density at radius 2 is 1.40 bits per heavy atom. The summed E-state index contributed by atoms with van der Waals surface area (Å²) in [5.74, 6) is -0.632. The fourth-order valence-corrected chi connectivity index (χ4v) is 6.72. The molecule has 0 aliphatic heterocycles. The fraction of sp³-hybridized carbons (Fsp3) is 0.214. The Bertz CT molecular complexity index is 1980. The average molecular weight is 692 g/mol. The fourth-order valence-electron chi connectivity index (χ4n) is 4.20. The van der Waals surface area contributed by atoms with E-state index in [0.29, 0.717) is 22.1 Å². The van der Waals surface area contributed by atoms with E-state index in [9.17, 15) is 21.9 Å². The maximum absolute atomic E-state index is 12.5. The van der Waals surface area contributed by atoms with Gasteiger partial charge in [-0.3, -0.25) is 0 Å². The molecule has 0 saturated heterocycles. The van der Waals surface area contributed by atoms with Gasteiger partial charge in [-0.2, -0.15) is 17.7 Å². The highest BCUT2D eigenvalue weighted by molar-refractivity contribution is 7.91. The molecule has 0 atom stereocenters. The summed E-state index contributed by atoms with van der Waals surface area (Å²) in [5.41, 5.74) is 1.25. The molecule has 238 valence electrons. The van der Waals surface area contributed by atoms with Crippen LogP contribution in [-0.4, -0.2) is 69.9 Å². The van der Waals surface area contributed by atoms with Crippen molar-refractivity contribution in [3.63, 3.8) is 0 Å². The average Bonchev–Trinajstić information content (AvgIpc) is 3.00. The van der Waals surface area contributed by atoms with Crippen LogP contribution >= 0.6 is 25.3 Å². The number of aromatic hydroxyl groups is 1. The molecule has 13 nitrogen and oxygen atoms in total. The Hall–Kier alpha value is -3.74. The molecular weight excluding hydrogens is 663 g/mol. The number of thiol groups is 2. The number of aliphatic hydroxyl groups is 2. The van der Waals surface area contributed by atoms with Crippen molar-refractivity contribution in [3.8, 4) is 11.5 Å². The van der Waals surface area contributed by atoms with E-state index in [-0.39, 0.29) is 49.1 Å². The lowest BCUT2D eigenvalue weighted by Crippen LogP contribution is -2.09. The van der Waals surface area contributed by atoms with Gasteiger partial charge in [0.1, 0.15) is 22.8 Å². The molecule has 0 radical (unpaired) electrons. The van der Waals surface area contributed by atoms with Gasteiger partial charge in [0, 0.05) is 15.7 Å². The molecule has 0 aromatic heterocycles. The van der Waals surface area contributed by atoms with Gasteiger partial charge in [0.2, 0.25) is 0 Å². The van der Waals surface area contributed by atoms with Gasteiger partial charge >= 0.3 is 0 Å². The highest BCUT2D eigenvalue weighted by Gasteiger charge is 2.19. The summed E-state index contributed by atoms with van der Waals surface area (Å²) in [6.45, 7) is -1.04. The second-order valence-corrected chi connectivity index (χ2v) is 14.3. The number of anilines is 1. The van der Waals surface area contributed by atoms with Crippen LogP contribution in [0.2, 0.25) is 0 Å². The lowest BCUT2D eigenvalue weighted by Gasteiger charge is -2.13. The molecule has 4 aromatic rings. The second kappa shape index (κ2) is 14.6. The Morgan fingerprint density at radius 1 is 0.778 bits per heavy atom. The van der Waals surface area contributed by atoms with Gasteiger partial charge in [0.25, 0.3) is 0 Å². The number of fused-ring (bicyclic) bond motifs is 1. The molecule has 0 heterocycles. The van der Waals surface area contributed by atoms with Gasteiger partial charge in [-0.1, -0.05) is 0 Å². The molecule has 0 saturated carbocycles. The van der Waals surface area contributed by atoms with Crippen LogP contribution in [0.4, 0.5) is 28.4 Å². The predicted octanol–water partition coefficient (Wildman–Crippen LogP) is 5.50. The maximum atomic E-state index is 12.5. The van der Waals surface area contributed by atoms with Gasteiger partial charge in [-0.15, -0.1) is 28.0 Å². The van der Waals surface area contributed by atoms with E-state index in [1.165, 1.54) is 49.6 Å². The number of rotatable bonds is 13. The zero-order valence-corrected chi connectivity index (χ0v) is 27.1. The van der Waals surface area contributed by atoms with Crippen molar-refractivity contribution in [2.75, 3.05) is 43.0 Å². The van der Waals surface area contributed by atoms with Crippen LogP contribution < -0.4 is 10.1 Å². The van der Waals surface area contributed by atoms with Crippen LogP contribution in [0.5, 0.6) is 11.5 Å². The maximum Gasteiger partial charge on any atom is 0.180 e. The normalized spacial score (nSPS) is 12.4. The van der Waals surface area contributed by atoms with Gasteiger partial charge in [-0.05, 0) is 60.7 Å². The van der Waals surface area contributed by atoms with Crippen LogP contribution in [0.15, 0.2) is 95.8 Å². The van der Waals surface area contributed by atoms with Crippen molar-refractivity contribution in [1.82, 2.24) is 0 Å². The van der Waals surface area contributed by atoms with Crippen LogP contribution in [-0.2, 0) is 19.7 Å². The Labute approximate surface area is 270 Å². The largest absolute Gasteiger partial charge is 0.505 e. The smallest absolute Gasteiger partial charge is 0.180 e. The highest BCUT2D eigenvalue weighted by Crippen LogP contribution is 2.46. The number of nitrogens with one attached hydrogen (secondary N) is 1. The van der Waals surface area contributed by atoms with Crippen molar-refractivity contribution in [2.45, 2.75) is 14.7 Å². The Kier molecular flexibility index (Phi) is 11.1. The minimum Gasteiger partial charge on any atom is -0.505 e. The van der Waals surface area contributed by atoms with E-state index >= 15 is 0 Å². The minimum atomic E-state index is -3.77. The van der Waals surface area contributed by atoms with Gasteiger partial charge in [0.05, 0.1) is 58.9 Å². The number of sulfone groups is 2. The van der Waals surface area contributed by atoms with Gasteiger partial charge in [-0.25, -0.2) is 16.8 Å². The molecule has 4 N–H and O–H groups in total. The number of methoxy groups -OCH3 is 1. The summed E-state index contributed by atoms with van der Waals surface area (Å²) in [7, 11) is -6.00. The van der Waals surface area contributed by atoms with Crippen LogP contribution in [0, 0.1) is 0 Å². The van der Waals surface area contributed by atoms with Crippen molar-refractivity contribution in [2.24, 2.45) is 20.5 Å². The molecule has 45 heavy (non-hydrogen) atoms. The van der Waals surface area contributed by atoms with E-state index in [1.54, 1.807) is 18.2 Å². The van der Waals surface area contributed by atoms with Crippen molar-refractivity contribution in [1.29, 1.82) is 0 Å². The number of benzene rings is 4. The molecule has 0 fully saturated rings. The number of hydrogen-bond donors (Lipinski definition) is 6. The topological polar surface area (TPSA) is 200 Å². The zero-order valence-electron chi connectivity index (χ0n) is 23.7. The number of azo groups is 2. The number of hydrogen-bond acceptors (Lipinski definition) is 15. The number of aliphatic hydroxyl groups excluding tert-OH is 2. The van der Waals surface area contributed by atoms with Crippen LogP contribution in [0.25, 0.3) is 10.8 Å². The molecular formula is C28H29N5O8S4. The molecule has 0 aliphatic carbocycles. The number of nitrogens with zero attached hydrogens (tertiary/aromatic N) is 4. The highest BCUT2D eigenvalue weighted by atomic mass is 32.2. The standard InChI is InChI=1S/C28H29N5O8S4/c1-41-24-9-6-19(45(39,40)13-11-35)14-23(24)31-32-26-21-15-25(43)27(28(36)20(21)7-8-22(26)29-16-42)33-30-17-2-4-18(5-3-17)44(37,38)12-10-34/h2-9,14-15,29,34-36,42-43H,10-13,16H2,1H3. The van der Waals surface area contributed by atoms with Crippen molar-refractivity contribution < 1.29 is 36.9 Å². The molecule has 0 bridgehead atoms. The van der Waals surface area contributed by atoms with E-state index in [1.807, 2.05) is 0 Å². The molecule has 0 unspecified atom stereocenters. The lowest BCUT2D eigenvalue weighted by atomic mass is 10.1. The molecule has 4 rings (SSSR count). The van der Waals surface area contributed by atoms with Crippen molar-refractivity contribution in [3.05, 3.63) is 60.7 Å². The first kappa shape index (κ1) is 34.1. The summed E-state index contributed by atoms with van der Waals surface area (Å²) in [6, 6.07) is 14.5. The Balaban J connectivity index is 1.77. The summed E-state index contributed by atoms with van der Waals surface area (Å²) < 4.78 is 54.7. The van der Waals surface area contributed by atoms with E-state index < -0.39 is 44.4 Å². The first-order chi connectivity index (χ1) is 21.4. The second-order valence-electron chi connectivity index (χ2n) is 9.30. The zero-order chi connectivity index (χ0) is 32.8. The number of phenolic OH excluding ortho intramolecular Hbond substituents is 1. The summed E-state index contributed by atoms with van der Waals surface area (Å²) in [6.07, 6.45) is 0. The monoisotopic (exact) mass is 691 g/mol. The summed E-state index contributed by atoms with van der Waals surface area (Å²) in [5, 5.41) is 50.0. The first-order valence-electron chi connectivity index (χ1n) is 13.1. The van der Waals surface area contributed by atoms with Gasteiger partial charge < -0.3 is 25.4 Å². The van der Waals surface area contributed by atoms with E-state index in [2.05, 4.69) is 51.0 Å². The number of phenols is 1. The van der Waals surface area contributed by atoms with Gasteiger partial charge in [0.15, 0.2) is 25.4 Å². The molecule has 4 aromatic carbocycles. The minimum absolute atomic E-state index is 0.0300. The quantitative estimate of drug-likeness (QED) is 0.0595. The van der Waals surface area contributed by atoms with E-state index in [0.717, 1.165) is 0 Å². The SMILES string of the molecule is COc1ccc(S(=O)(=O)CCO)cc1N=Nc1c(NCS)ccc2c(O)c(N=Nc3ccc(S(=O)(=O)CCO)cc3)c(S)cc12. The molecule has 0 spiro atoms. The van der Waals surface area contributed by atoms with Crippen LogP contribution in [0.1, 0.15) is 0 Å². The third-order valence-corrected chi connectivity index (χ3v) is 10.3. The summed E-state index contributed by atoms with van der Waals surface area (Å²) >= 11 is 8.74. The lowest BCUT2D eigenvalue weighted by molar-refractivity contribution is 0.319. The molecule has 0 aliphatic rings. The Morgan fingerprint density at radius 3 is 2.02 bits per heavy atom. The molecule has 0 amide bonds. The van der Waals surface area contributed by atoms with E-state index in [4.69, 9.17) is 14.9 Å². The first-order valence-corrected chi connectivity index (χ1v) is 17.5. The predicted molar refractivity (Wildman–Crippen MR) is 176 cm³/mol.